The number of aryl methyl sites for hydroxylation is 1. The molecule has 198 valence electrons. The fraction of sp³-hybridized carbons (Fsp3) is 0.394. The van der Waals surface area contributed by atoms with Gasteiger partial charge in [0.05, 0.1) is 6.33 Å². The monoisotopic (exact) mass is 499 g/mol. The van der Waals surface area contributed by atoms with E-state index in [-0.39, 0.29) is 11.3 Å². The lowest BCUT2D eigenvalue weighted by Gasteiger charge is -2.36. The molecule has 2 unspecified atom stereocenters. The maximum Gasteiger partial charge on any atom is 0.248 e. The second kappa shape index (κ2) is 14.4. The molecule has 2 aliphatic carbocycles. The summed E-state index contributed by atoms with van der Waals surface area (Å²) in [6, 6.07) is 0. The summed E-state index contributed by atoms with van der Waals surface area (Å²) in [5.74, 6) is 0.930. The van der Waals surface area contributed by atoms with Crippen molar-refractivity contribution in [1.29, 1.82) is 0 Å². The predicted octanol–water partition coefficient (Wildman–Crippen LogP) is 7.95. The Bertz CT molecular complexity index is 1150. The molecule has 0 spiro atoms. The van der Waals surface area contributed by atoms with Crippen molar-refractivity contribution in [3.8, 4) is 0 Å². The molecule has 1 heterocycles. The predicted molar refractivity (Wildman–Crippen MR) is 158 cm³/mol. The summed E-state index contributed by atoms with van der Waals surface area (Å²) in [6.07, 6.45) is 30.1. The molecule has 2 atom stereocenters. The third kappa shape index (κ3) is 10.6. The third-order valence-electron chi connectivity index (χ3n) is 6.86. The van der Waals surface area contributed by atoms with E-state index in [4.69, 9.17) is 0 Å². The maximum atomic E-state index is 12.3. The number of hydrogen-bond acceptors (Lipinski definition) is 2. The molecule has 0 radical (unpaired) electrons. The van der Waals surface area contributed by atoms with Crippen molar-refractivity contribution in [3.05, 3.63) is 114 Å². The zero-order chi connectivity index (χ0) is 27.4. The number of carbonyl (C=O) groups is 1. The van der Waals surface area contributed by atoms with Crippen molar-refractivity contribution < 1.29 is 4.79 Å². The van der Waals surface area contributed by atoms with Gasteiger partial charge < -0.3 is 9.88 Å². The van der Waals surface area contributed by atoms with Gasteiger partial charge in [-0.1, -0.05) is 87.4 Å². The molecule has 0 aliphatic heterocycles. The van der Waals surface area contributed by atoms with E-state index in [1.807, 2.05) is 55.1 Å². The fourth-order valence-corrected chi connectivity index (χ4v) is 4.26. The number of hydrogen-bond donors (Lipinski definition) is 1. The summed E-state index contributed by atoms with van der Waals surface area (Å²) in [5, 5.41) is 2.92. The molecule has 0 saturated carbocycles. The summed E-state index contributed by atoms with van der Waals surface area (Å²) >= 11 is 0. The minimum atomic E-state index is -0.113. The van der Waals surface area contributed by atoms with Crippen LogP contribution in [0.25, 0.3) is 0 Å². The maximum absolute atomic E-state index is 12.3. The number of rotatable bonds is 6. The summed E-state index contributed by atoms with van der Waals surface area (Å²) < 4.78 is 1.89. The van der Waals surface area contributed by atoms with E-state index in [1.165, 1.54) is 29.6 Å². The van der Waals surface area contributed by atoms with Crippen molar-refractivity contribution in [2.24, 2.45) is 24.3 Å². The van der Waals surface area contributed by atoms with Gasteiger partial charge >= 0.3 is 0 Å². The average molecular weight is 500 g/mol. The first-order valence-corrected chi connectivity index (χ1v) is 13.2. The van der Waals surface area contributed by atoms with Crippen molar-refractivity contribution >= 4 is 5.91 Å². The van der Waals surface area contributed by atoms with E-state index in [9.17, 15) is 4.79 Å². The lowest BCUT2D eigenvalue weighted by Crippen LogP contribution is -2.23. The van der Waals surface area contributed by atoms with E-state index >= 15 is 0 Å². The molecule has 0 aromatic carbocycles. The highest BCUT2D eigenvalue weighted by Crippen LogP contribution is 2.43. The van der Waals surface area contributed by atoms with Crippen LogP contribution in [0.2, 0.25) is 0 Å². The first-order valence-electron chi connectivity index (χ1n) is 13.2. The normalized spacial score (nSPS) is 22.1. The zero-order valence-corrected chi connectivity index (χ0v) is 24.0. The van der Waals surface area contributed by atoms with E-state index in [1.54, 1.807) is 18.6 Å². The van der Waals surface area contributed by atoms with Crippen molar-refractivity contribution in [2.75, 3.05) is 0 Å². The van der Waals surface area contributed by atoms with Crippen LogP contribution in [0, 0.1) is 17.3 Å². The number of aromatic nitrogens is 2. The number of allylic oxidation sites excluding steroid dienone is 14. The van der Waals surface area contributed by atoms with Gasteiger partial charge in [0.2, 0.25) is 5.91 Å². The van der Waals surface area contributed by atoms with Crippen molar-refractivity contribution in [3.63, 3.8) is 0 Å². The summed E-state index contributed by atoms with van der Waals surface area (Å²) in [5.41, 5.74) is 6.15. The molecule has 1 aromatic rings. The minimum absolute atomic E-state index is 0.113. The summed E-state index contributed by atoms with van der Waals surface area (Å²) in [7, 11) is 1.94. The van der Waals surface area contributed by atoms with Crippen molar-refractivity contribution in [1.82, 2.24) is 14.9 Å². The Balaban J connectivity index is 0.000000700. The van der Waals surface area contributed by atoms with Crippen LogP contribution in [0.1, 0.15) is 61.3 Å². The van der Waals surface area contributed by atoms with Gasteiger partial charge in [0.25, 0.3) is 0 Å². The Hall–Kier alpha value is -3.40. The molecule has 4 nitrogen and oxygen atoms in total. The summed E-state index contributed by atoms with van der Waals surface area (Å²) in [6.45, 7) is 15.5. The Labute approximate surface area is 224 Å². The van der Waals surface area contributed by atoms with Gasteiger partial charge in [0.15, 0.2) is 0 Å². The molecule has 1 amide bonds. The van der Waals surface area contributed by atoms with Crippen LogP contribution in [0.15, 0.2) is 114 Å². The standard InChI is InChI=1S/C29H39NO.C4H6N2/c1-21-11-9-13-26(16-14-21)30-28(31)20-23(3)12-8-10-22(2)15-17-27-25(5)24(4)18-19-29(27,6)7;1-6-3-2-5-4-6/h8-17,20-21,24H,18-19H2,1-7H3,(H,30,31);2-4H,1H3/b12-8+,17-15+,22-10+,23-20+;. The SMILES string of the molecule is CC1=C(/C=C/C(C)=C/C=C/C(C)=C/C(=O)NC2=CC=CC(C)C=C2)C(C)(C)CCC1C.Cn1ccnc1. The van der Waals surface area contributed by atoms with Gasteiger partial charge in [-0.25, -0.2) is 4.98 Å². The molecule has 0 fully saturated rings. The van der Waals surface area contributed by atoms with Crippen LogP contribution in [0.4, 0.5) is 0 Å². The second-order valence-electron chi connectivity index (χ2n) is 10.9. The largest absolute Gasteiger partial charge is 0.341 e. The van der Waals surface area contributed by atoms with Gasteiger partial charge in [-0.15, -0.1) is 0 Å². The molecule has 0 saturated heterocycles. The first-order chi connectivity index (χ1) is 17.5. The fourth-order valence-electron chi connectivity index (χ4n) is 4.26. The third-order valence-corrected chi connectivity index (χ3v) is 6.86. The van der Waals surface area contributed by atoms with Gasteiger partial charge in [-0.05, 0) is 74.2 Å². The smallest absolute Gasteiger partial charge is 0.248 e. The molecule has 37 heavy (non-hydrogen) atoms. The highest BCUT2D eigenvalue weighted by molar-refractivity contribution is 5.90. The number of carbonyl (C=O) groups excluding carboxylic acids is 1. The van der Waals surface area contributed by atoms with Crippen molar-refractivity contribution in [2.45, 2.75) is 61.3 Å². The van der Waals surface area contributed by atoms with Gasteiger partial charge in [-0.2, -0.15) is 0 Å². The van der Waals surface area contributed by atoms with E-state index in [0.29, 0.717) is 11.8 Å². The Morgan fingerprint density at radius 2 is 1.92 bits per heavy atom. The first kappa shape index (κ1) is 29.8. The number of nitrogens with zero attached hydrogens (tertiary/aromatic N) is 2. The lowest BCUT2D eigenvalue weighted by molar-refractivity contribution is -0.115. The molecule has 0 bridgehead atoms. The number of amides is 1. The zero-order valence-electron chi connectivity index (χ0n) is 24.0. The molecule has 4 heteroatoms. The topological polar surface area (TPSA) is 46.9 Å². The van der Waals surface area contributed by atoms with E-state index < -0.39 is 0 Å². The molecular weight excluding hydrogens is 454 g/mol. The highest BCUT2D eigenvalue weighted by Gasteiger charge is 2.29. The minimum Gasteiger partial charge on any atom is -0.341 e. The molecule has 1 N–H and O–H groups in total. The molecule has 1 aromatic heterocycles. The van der Waals surface area contributed by atoms with E-state index in [0.717, 1.165) is 11.3 Å². The van der Waals surface area contributed by atoms with Crippen LogP contribution in [-0.2, 0) is 11.8 Å². The molecule has 3 rings (SSSR count). The quantitative estimate of drug-likeness (QED) is 0.319. The average Bonchev–Trinajstić information content (AvgIpc) is 3.21. The van der Waals surface area contributed by atoms with Crippen LogP contribution in [0.3, 0.4) is 0 Å². The van der Waals surface area contributed by atoms with Crippen LogP contribution in [0.5, 0.6) is 0 Å². The summed E-state index contributed by atoms with van der Waals surface area (Å²) in [4.78, 5) is 16.0. The van der Waals surface area contributed by atoms with Gasteiger partial charge in [-0.3, -0.25) is 4.79 Å². The molecule has 2 aliphatic rings. The Kier molecular flexibility index (Phi) is 11.6. The number of nitrogens with one attached hydrogen (secondary N) is 1. The van der Waals surface area contributed by atoms with E-state index in [2.05, 4.69) is 82.2 Å². The lowest BCUT2D eigenvalue weighted by atomic mass is 9.69. The van der Waals surface area contributed by atoms with Crippen LogP contribution < -0.4 is 5.32 Å². The Morgan fingerprint density at radius 1 is 1.16 bits per heavy atom. The highest BCUT2D eigenvalue weighted by atomic mass is 16.1. The number of imidazole rings is 1. The van der Waals surface area contributed by atoms with Gasteiger partial charge in [0, 0.05) is 31.2 Å². The Morgan fingerprint density at radius 3 is 2.57 bits per heavy atom. The van der Waals surface area contributed by atoms with Gasteiger partial charge in [0.1, 0.15) is 0 Å². The second-order valence-corrected chi connectivity index (χ2v) is 10.9. The molecular formula is C33H45N3O. The van der Waals surface area contributed by atoms with Crippen LogP contribution >= 0.6 is 0 Å². The van der Waals surface area contributed by atoms with Crippen LogP contribution in [-0.4, -0.2) is 15.5 Å².